The van der Waals surface area contributed by atoms with E-state index in [2.05, 4.69) is 10.3 Å². The van der Waals surface area contributed by atoms with Crippen LogP contribution in [0.4, 0.5) is 5.82 Å². The Morgan fingerprint density at radius 2 is 2.38 bits per heavy atom. The van der Waals surface area contributed by atoms with Crippen molar-refractivity contribution in [2.24, 2.45) is 5.92 Å². The minimum atomic E-state index is -0.0152. The molecule has 4 heteroatoms. The third kappa shape index (κ3) is 2.43. The lowest BCUT2D eigenvalue weighted by molar-refractivity contribution is 0.303. The summed E-state index contributed by atoms with van der Waals surface area (Å²) in [5.41, 5.74) is -0.0152. The predicted octanol–water partition coefficient (Wildman–Crippen LogP) is 1.87. The quantitative estimate of drug-likeness (QED) is 0.825. The van der Waals surface area contributed by atoms with Crippen molar-refractivity contribution in [3.8, 4) is 0 Å². The number of nitrogens with zero attached hydrogens (tertiary/aromatic N) is 2. The Kier molecular flexibility index (Phi) is 3.59. The predicted molar refractivity (Wildman–Crippen MR) is 64.6 cm³/mol. The minimum Gasteiger partial charge on any atom is -0.365 e. The molecule has 1 saturated carbocycles. The molecule has 1 aromatic rings. The van der Waals surface area contributed by atoms with Gasteiger partial charge < -0.3 is 9.88 Å². The fourth-order valence-electron chi connectivity index (χ4n) is 1.99. The van der Waals surface area contributed by atoms with Crippen molar-refractivity contribution in [1.29, 1.82) is 0 Å². The average Bonchev–Trinajstić information content (AvgIpc) is 2.24. The van der Waals surface area contributed by atoms with Gasteiger partial charge in [0.25, 0.3) is 5.56 Å². The number of rotatable bonds is 5. The van der Waals surface area contributed by atoms with Crippen LogP contribution >= 0.6 is 0 Å². The Morgan fingerprint density at radius 3 is 3.00 bits per heavy atom. The lowest BCUT2D eigenvalue weighted by Gasteiger charge is -2.25. The summed E-state index contributed by atoms with van der Waals surface area (Å²) in [6, 6.07) is 0. The monoisotopic (exact) mass is 221 g/mol. The Bertz CT molecular complexity index is 395. The first kappa shape index (κ1) is 11.2. The largest absolute Gasteiger partial charge is 0.365 e. The molecule has 0 spiro atoms. The van der Waals surface area contributed by atoms with Crippen LogP contribution in [0.25, 0.3) is 0 Å². The molecule has 1 aliphatic rings. The maximum atomic E-state index is 11.8. The van der Waals surface area contributed by atoms with Crippen LogP contribution in [-0.4, -0.2) is 16.1 Å². The molecule has 0 bridgehead atoms. The van der Waals surface area contributed by atoms with Crippen LogP contribution in [0, 0.1) is 5.92 Å². The molecule has 0 unspecified atom stereocenters. The molecule has 0 amide bonds. The molecule has 4 nitrogen and oxygen atoms in total. The average molecular weight is 221 g/mol. The van der Waals surface area contributed by atoms with Crippen molar-refractivity contribution in [2.45, 2.75) is 39.2 Å². The molecule has 1 aliphatic carbocycles. The highest BCUT2D eigenvalue weighted by Crippen LogP contribution is 2.28. The van der Waals surface area contributed by atoms with E-state index in [1.54, 1.807) is 17.0 Å². The van der Waals surface area contributed by atoms with Gasteiger partial charge in [0.2, 0.25) is 0 Å². The first-order valence-corrected chi connectivity index (χ1v) is 6.10. The Morgan fingerprint density at radius 1 is 1.56 bits per heavy atom. The van der Waals surface area contributed by atoms with E-state index in [9.17, 15) is 4.79 Å². The van der Waals surface area contributed by atoms with Gasteiger partial charge in [0, 0.05) is 25.5 Å². The molecule has 1 N–H and O–H groups in total. The zero-order chi connectivity index (χ0) is 11.4. The molecule has 2 rings (SSSR count). The molecule has 0 aliphatic heterocycles. The SMILES string of the molecule is CCn1ccnc(NCCC2CCC2)c1=O. The number of aryl methyl sites for hydroxylation is 1. The van der Waals surface area contributed by atoms with Gasteiger partial charge in [0.05, 0.1) is 0 Å². The molecule has 1 heterocycles. The third-order valence-electron chi connectivity index (χ3n) is 3.32. The number of hydrogen-bond acceptors (Lipinski definition) is 3. The first-order chi connectivity index (χ1) is 7.81. The number of anilines is 1. The van der Waals surface area contributed by atoms with E-state index < -0.39 is 0 Å². The van der Waals surface area contributed by atoms with E-state index in [0.29, 0.717) is 12.4 Å². The second-order valence-electron chi connectivity index (χ2n) is 4.38. The highest BCUT2D eigenvalue weighted by Gasteiger charge is 2.16. The van der Waals surface area contributed by atoms with Crippen LogP contribution < -0.4 is 10.9 Å². The third-order valence-corrected chi connectivity index (χ3v) is 3.32. The molecule has 0 atom stereocenters. The molecule has 0 radical (unpaired) electrons. The van der Waals surface area contributed by atoms with Gasteiger partial charge in [-0.15, -0.1) is 0 Å². The topological polar surface area (TPSA) is 46.9 Å². The van der Waals surface area contributed by atoms with Gasteiger partial charge in [-0.25, -0.2) is 4.98 Å². The summed E-state index contributed by atoms with van der Waals surface area (Å²) in [5.74, 6) is 1.35. The van der Waals surface area contributed by atoms with Crippen molar-refractivity contribution in [2.75, 3.05) is 11.9 Å². The number of hydrogen-bond donors (Lipinski definition) is 1. The van der Waals surface area contributed by atoms with Crippen LogP contribution in [-0.2, 0) is 6.54 Å². The van der Waals surface area contributed by atoms with Crippen molar-refractivity contribution < 1.29 is 0 Å². The van der Waals surface area contributed by atoms with Crippen molar-refractivity contribution in [1.82, 2.24) is 9.55 Å². The molecule has 88 valence electrons. The number of aromatic nitrogens is 2. The van der Waals surface area contributed by atoms with Gasteiger partial charge in [-0.05, 0) is 19.3 Å². The summed E-state index contributed by atoms with van der Waals surface area (Å²) in [4.78, 5) is 15.9. The lowest BCUT2D eigenvalue weighted by atomic mass is 9.83. The Labute approximate surface area is 95.7 Å². The summed E-state index contributed by atoms with van der Waals surface area (Å²) in [5, 5.41) is 3.14. The van der Waals surface area contributed by atoms with Crippen LogP contribution in [0.2, 0.25) is 0 Å². The molecule has 0 saturated heterocycles. The van der Waals surface area contributed by atoms with Crippen LogP contribution in [0.5, 0.6) is 0 Å². The number of nitrogens with one attached hydrogen (secondary N) is 1. The highest BCUT2D eigenvalue weighted by molar-refractivity contribution is 5.30. The van der Waals surface area contributed by atoms with Gasteiger partial charge in [-0.2, -0.15) is 0 Å². The molecule has 0 aromatic carbocycles. The highest BCUT2D eigenvalue weighted by atomic mass is 16.1. The van der Waals surface area contributed by atoms with Gasteiger partial charge in [-0.1, -0.05) is 19.3 Å². The van der Waals surface area contributed by atoms with Crippen molar-refractivity contribution in [3.63, 3.8) is 0 Å². The van der Waals surface area contributed by atoms with Crippen LogP contribution in [0.1, 0.15) is 32.6 Å². The Balaban J connectivity index is 1.90. The second-order valence-corrected chi connectivity index (χ2v) is 4.38. The maximum absolute atomic E-state index is 11.8. The van der Waals surface area contributed by atoms with Crippen molar-refractivity contribution in [3.05, 3.63) is 22.7 Å². The van der Waals surface area contributed by atoms with Gasteiger partial charge in [-0.3, -0.25) is 4.79 Å². The molecule has 1 fully saturated rings. The molecular weight excluding hydrogens is 202 g/mol. The standard InChI is InChI=1S/C12H19N3O/c1-2-15-9-8-14-11(12(15)16)13-7-6-10-4-3-5-10/h8-10H,2-7H2,1H3,(H,13,14). The fraction of sp³-hybridized carbons (Fsp3) is 0.667. The van der Waals surface area contributed by atoms with E-state index in [1.165, 1.54) is 19.3 Å². The van der Waals surface area contributed by atoms with Crippen molar-refractivity contribution >= 4 is 5.82 Å². The zero-order valence-corrected chi connectivity index (χ0v) is 9.78. The first-order valence-electron chi connectivity index (χ1n) is 6.10. The zero-order valence-electron chi connectivity index (χ0n) is 9.78. The summed E-state index contributed by atoms with van der Waals surface area (Å²) >= 11 is 0. The Hall–Kier alpha value is -1.32. The molecule has 1 aromatic heterocycles. The fourth-order valence-corrected chi connectivity index (χ4v) is 1.99. The molecular formula is C12H19N3O. The van der Waals surface area contributed by atoms with Crippen LogP contribution in [0.15, 0.2) is 17.2 Å². The normalized spacial score (nSPS) is 15.8. The van der Waals surface area contributed by atoms with Gasteiger partial charge in [0.1, 0.15) is 0 Å². The van der Waals surface area contributed by atoms with E-state index >= 15 is 0 Å². The van der Waals surface area contributed by atoms with E-state index in [4.69, 9.17) is 0 Å². The van der Waals surface area contributed by atoms with Crippen LogP contribution in [0.3, 0.4) is 0 Å². The van der Waals surface area contributed by atoms with E-state index in [-0.39, 0.29) is 5.56 Å². The summed E-state index contributed by atoms with van der Waals surface area (Å²) in [6.07, 6.45) is 8.63. The van der Waals surface area contributed by atoms with Gasteiger partial charge in [0.15, 0.2) is 5.82 Å². The summed E-state index contributed by atoms with van der Waals surface area (Å²) in [7, 11) is 0. The minimum absolute atomic E-state index is 0.0152. The van der Waals surface area contributed by atoms with E-state index in [1.807, 2.05) is 6.92 Å². The smallest absolute Gasteiger partial charge is 0.293 e. The maximum Gasteiger partial charge on any atom is 0.293 e. The van der Waals surface area contributed by atoms with E-state index in [0.717, 1.165) is 18.9 Å². The lowest BCUT2D eigenvalue weighted by Crippen LogP contribution is -2.25. The second kappa shape index (κ2) is 5.14. The summed E-state index contributed by atoms with van der Waals surface area (Å²) in [6.45, 7) is 3.51. The van der Waals surface area contributed by atoms with Gasteiger partial charge >= 0.3 is 0 Å². The summed E-state index contributed by atoms with van der Waals surface area (Å²) < 4.78 is 1.67. The molecule has 16 heavy (non-hydrogen) atoms.